The number of guanidine groups is 1. The van der Waals surface area contributed by atoms with E-state index in [1.165, 1.54) is 12.0 Å². The topological polar surface area (TPSA) is 64.1 Å². The van der Waals surface area contributed by atoms with E-state index >= 15 is 0 Å². The van der Waals surface area contributed by atoms with Gasteiger partial charge < -0.3 is 24.8 Å². The first kappa shape index (κ1) is 23.5. The molecule has 1 saturated heterocycles. The molecule has 1 aromatic carbocycles. The maximum absolute atomic E-state index is 6.13. The lowest BCUT2D eigenvalue weighted by molar-refractivity contribution is 0.129. The Bertz CT molecular complexity index is 601. The Labute approximate surface area is 176 Å². The molecule has 1 aliphatic heterocycles. The Morgan fingerprint density at radius 1 is 1.21 bits per heavy atom. The summed E-state index contributed by atoms with van der Waals surface area (Å²) in [7, 11) is 0. The molecule has 1 fully saturated rings. The van der Waals surface area contributed by atoms with Crippen molar-refractivity contribution in [2.75, 3.05) is 46.1 Å². The quantitative estimate of drug-likeness (QED) is 0.298. The van der Waals surface area contributed by atoms with Crippen LogP contribution in [0.3, 0.4) is 0 Å². The smallest absolute Gasteiger partial charge is 0.191 e. The number of rotatable bonds is 13. The van der Waals surface area contributed by atoms with Gasteiger partial charge in [-0.1, -0.05) is 25.5 Å². The van der Waals surface area contributed by atoms with E-state index in [9.17, 15) is 0 Å². The highest BCUT2D eigenvalue weighted by Gasteiger charge is 2.17. The number of hydrogen-bond donors (Lipinski definition) is 2. The van der Waals surface area contributed by atoms with Gasteiger partial charge >= 0.3 is 0 Å². The van der Waals surface area contributed by atoms with E-state index in [1.54, 1.807) is 0 Å². The van der Waals surface area contributed by atoms with Gasteiger partial charge in [0.05, 0.1) is 19.8 Å². The van der Waals surface area contributed by atoms with E-state index in [0.717, 1.165) is 76.1 Å². The van der Waals surface area contributed by atoms with Crippen molar-refractivity contribution in [3.05, 3.63) is 29.3 Å². The van der Waals surface area contributed by atoms with Gasteiger partial charge in [-0.2, -0.15) is 0 Å². The summed E-state index contributed by atoms with van der Waals surface area (Å²) in [6, 6.07) is 6.34. The van der Waals surface area contributed by atoms with E-state index in [4.69, 9.17) is 19.2 Å². The van der Waals surface area contributed by atoms with Gasteiger partial charge in [-0.15, -0.1) is 0 Å². The molecule has 1 aromatic rings. The van der Waals surface area contributed by atoms with Crippen LogP contribution in [0, 0.1) is 12.8 Å². The molecule has 0 bridgehead atoms. The fourth-order valence-corrected chi connectivity index (χ4v) is 3.08. The summed E-state index contributed by atoms with van der Waals surface area (Å²) in [6.45, 7) is 12.6. The molecular weight excluding hydrogens is 366 g/mol. The molecule has 1 aliphatic rings. The summed E-state index contributed by atoms with van der Waals surface area (Å²) in [5.74, 6) is 2.25. The van der Waals surface area contributed by atoms with Crippen molar-refractivity contribution in [1.82, 2.24) is 10.6 Å². The van der Waals surface area contributed by atoms with Gasteiger partial charge in [-0.3, -0.25) is 0 Å². The highest BCUT2D eigenvalue weighted by Crippen LogP contribution is 2.23. The molecular formula is C23H39N3O3. The zero-order chi connectivity index (χ0) is 20.7. The lowest BCUT2D eigenvalue weighted by atomic mass is 10.1. The van der Waals surface area contributed by atoms with Crippen LogP contribution in [-0.2, 0) is 16.0 Å². The van der Waals surface area contributed by atoms with Crippen LogP contribution in [0.2, 0.25) is 0 Å². The lowest BCUT2D eigenvalue weighted by Crippen LogP contribution is -2.38. The molecule has 2 rings (SSSR count). The monoisotopic (exact) mass is 405 g/mol. The molecule has 0 amide bonds. The average Bonchev–Trinajstić information content (AvgIpc) is 3.24. The minimum atomic E-state index is 0.491. The summed E-state index contributed by atoms with van der Waals surface area (Å²) in [5.41, 5.74) is 2.30. The van der Waals surface area contributed by atoms with E-state index in [1.807, 2.05) is 0 Å². The second-order valence-corrected chi connectivity index (χ2v) is 7.59. The molecule has 29 heavy (non-hydrogen) atoms. The SMILES string of the molecule is CCCCOCCCNC(=NCc1ccc(C)cc1OCC1CCOC1)NCC. The lowest BCUT2D eigenvalue weighted by Gasteiger charge is -2.15. The molecule has 6 heteroatoms. The van der Waals surface area contributed by atoms with Gasteiger partial charge in [-0.05, 0) is 44.7 Å². The van der Waals surface area contributed by atoms with Crippen LogP contribution in [0.4, 0.5) is 0 Å². The summed E-state index contributed by atoms with van der Waals surface area (Å²) < 4.78 is 17.2. The summed E-state index contributed by atoms with van der Waals surface area (Å²) in [5, 5.41) is 6.70. The molecule has 0 spiro atoms. The zero-order valence-corrected chi connectivity index (χ0v) is 18.5. The number of aliphatic imine (C=N–C) groups is 1. The van der Waals surface area contributed by atoms with Crippen molar-refractivity contribution in [2.24, 2.45) is 10.9 Å². The molecule has 2 N–H and O–H groups in total. The Morgan fingerprint density at radius 3 is 2.83 bits per heavy atom. The van der Waals surface area contributed by atoms with Gasteiger partial charge in [0.25, 0.3) is 0 Å². The third kappa shape index (κ3) is 9.50. The Morgan fingerprint density at radius 2 is 2.07 bits per heavy atom. The van der Waals surface area contributed by atoms with Gasteiger partial charge in [-0.25, -0.2) is 4.99 Å². The second-order valence-electron chi connectivity index (χ2n) is 7.59. The number of aryl methyl sites for hydroxylation is 1. The highest BCUT2D eigenvalue weighted by atomic mass is 16.5. The molecule has 0 saturated carbocycles. The third-order valence-corrected chi connectivity index (χ3v) is 4.87. The molecule has 0 aliphatic carbocycles. The molecule has 0 aromatic heterocycles. The van der Waals surface area contributed by atoms with Crippen LogP contribution in [0.25, 0.3) is 0 Å². The number of hydrogen-bond acceptors (Lipinski definition) is 4. The molecule has 1 heterocycles. The summed E-state index contributed by atoms with van der Waals surface area (Å²) >= 11 is 0. The van der Waals surface area contributed by atoms with Gasteiger partial charge in [0.1, 0.15) is 5.75 Å². The predicted molar refractivity (Wildman–Crippen MR) is 119 cm³/mol. The molecule has 0 radical (unpaired) electrons. The van der Waals surface area contributed by atoms with Crippen molar-refractivity contribution in [3.63, 3.8) is 0 Å². The Hall–Kier alpha value is -1.79. The first-order valence-corrected chi connectivity index (χ1v) is 11.1. The molecule has 1 unspecified atom stereocenters. The van der Waals surface area contributed by atoms with Gasteiger partial charge in [0.15, 0.2) is 5.96 Å². The fraction of sp³-hybridized carbons (Fsp3) is 0.696. The molecule has 6 nitrogen and oxygen atoms in total. The third-order valence-electron chi connectivity index (χ3n) is 4.87. The number of benzene rings is 1. The normalized spacial score (nSPS) is 16.8. The van der Waals surface area contributed by atoms with Crippen LogP contribution < -0.4 is 15.4 Å². The van der Waals surface area contributed by atoms with Crippen LogP contribution >= 0.6 is 0 Å². The van der Waals surface area contributed by atoms with Crippen LogP contribution in [0.5, 0.6) is 5.75 Å². The largest absolute Gasteiger partial charge is 0.493 e. The number of ether oxygens (including phenoxy) is 3. The Balaban J connectivity index is 1.84. The van der Waals surface area contributed by atoms with E-state index in [-0.39, 0.29) is 0 Å². The van der Waals surface area contributed by atoms with Crippen molar-refractivity contribution in [2.45, 2.75) is 53.0 Å². The molecule has 164 valence electrons. The van der Waals surface area contributed by atoms with Gasteiger partial charge in [0.2, 0.25) is 0 Å². The fourth-order valence-electron chi connectivity index (χ4n) is 3.08. The maximum atomic E-state index is 6.13. The molecule has 1 atom stereocenters. The van der Waals surface area contributed by atoms with Crippen LogP contribution in [0.1, 0.15) is 50.7 Å². The van der Waals surface area contributed by atoms with Crippen molar-refractivity contribution >= 4 is 5.96 Å². The van der Waals surface area contributed by atoms with Crippen LogP contribution in [0.15, 0.2) is 23.2 Å². The first-order chi connectivity index (χ1) is 14.2. The number of nitrogens with zero attached hydrogens (tertiary/aromatic N) is 1. The van der Waals surface area contributed by atoms with Crippen molar-refractivity contribution in [1.29, 1.82) is 0 Å². The zero-order valence-electron chi connectivity index (χ0n) is 18.5. The predicted octanol–water partition coefficient (Wildman–Crippen LogP) is 3.67. The number of unbranched alkanes of at least 4 members (excludes halogenated alkanes) is 1. The van der Waals surface area contributed by atoms with E-state index in [0.29, 0.717) is 19.1 Å². The first-order valence-electron chi connectivity index (χ1n) is 11.1. The van der Waals surface area contributed by atoms with Crippen molar-refractivity contribution < 1.29 is 14.2 Å². The Kier molecular flexibility index (Phi) is 11.5. The van der Waals surface area contributed by atoms with Crippen LogP contribution in [-0.4, -0.2) is 52.1 Å². The highest BCUT2D eigenvalue weighted by molar-refractivity contribution is 5.79. The summed E-state index contributed by atoms with van der Waals surface area (Å²) in [4.78, 5) is 4.75. The standard InChI is InChI=1S/C23H39N3O3/c1-4-6-12-27-13-7-11-25-23(24-5-2)26-16-21-9-8-19(3)15-22(21)29-18-20-10-14-28-17-20/h8-9,15,20H,4-7,10-14,16-18H2,1-3H3,(H2,24,25,26). The van der Waals surface area contributed by atoms with Gasteiger partial charge in [0, 0.05) is 44.4 Å². The average molecular weight is 406 g/mol. The van der Waals surface area contributed by atoms with Crippen molar-refractivity contribution in [3.8, 4) is 5.75 Å². The minimum Gasteiger partial charge on any atom is -0.493 e. The summed E-state index contributed by atoms with van der Waals surface area (Å²) in [6.07, 6.45) is 4.35. The second kappa shape index (κ2) is 14.2. The number of nitrogens with one attached hydrogen (secondary N) is 2. The van der Waals surface area contributed by atoms with E-state index < -0.39 is 0 Å². The minimum absolute atomic E-state index is 0.491. The van der Waals surface area contributed by atoms with E-state index in [2.05, 4.69) is 49.6 Å². The maximum Gasteiger partial charge on any atom is 0.191 e.